The lowest BCUT2D eigenvalue weighted by Crippen LogP contribution is -2.12. The molecule has 4 heteroatoms. The van der Waals surface area contributed by atoms with Gasteiger partial charge in [-0.2, -0.15) is 5.10 Å². The molecule has 0 aromatic carbocycles. The molecule has 1 aliphatic carbocycles. The first kappa shape index (κ1) is 12.5. The highest BCUT2D eigenvalue weighted by molar-refractivity contribution is 5.67. The maximum Gasteiger partial charge on any atom is 0.152 e. The minimum Gasteiger partial charge on any atom is -0.368 e. The van der Waals surface area contributed by atoms with Crippen molar-refractivity contribution < 1.29 is 0 Å². The van der Waals surface area contributed by atoms with Crippen LogP contribution in [0.5, 0.6) is 0 Å². The first-order valence-corrected chi connectivity index (χ1v) is 7.32. The van der Waals surface area contributed by atoms with Crippen molar-refractivity contribution in [2.75, 3.05) is 11.9 Å². The number of hydrogen-bond donors (Lipinski definition) is 1. The van der Waals surface area contributed by atoms with Crippen molar-refractivity contribution in [2.24, 2.45) is 5.92 Å². The van der Waals surface area contributed by atoms with Crippen molar-refractivity contribution in [1.29, 1.82) is 0 Å². The third-order valence-electron chi connectivity index (χ3n) is 4.03. The Kier molecular flexibility index (Phi) is 3.40. The van der Waals surface area contributed by atoms with E-state index < -0.39 is 0 Å². The quantitative estimate of drug-likeness (QED) is 0.913. The molecule has 0 spiro atoms. The van der Waals surface area contributed by atoms with Gasteiger partial charge in [0.05, 0.1) is 5.69 Å². The third kappa shape index (κ3) is 2.57. The van der Waals surface area contributed by atoms with Gasteiger partial charge in [-0.05, 0) is 30.7 Å². The number of fused-ring (bicyclic) bond motifs is 1. The molecular formula is C15H22N4. The van der Waals surface area contributed by atoms with Crippen molar-refractivity contribution in [2.45, 2.75) is 45.4 Å². The van der Waals surface area contributed by atoms with Gasteiger partial charge in [0.15, 0.2) is 5.82 Å². The van der Waals surface area contributed by atoms with Gasteiger partial charge in [0.2, 0.25) is 0 Å². The molecule has 1 fully saturated rings. The predicted octanol–water partition coefficient (Wildman–Crippen LogP) is 3.45. The van der Waals surface area contributed by atoms with Crippen molar-refractivity contribution >= 4 is 11.3 Å². The largest absolute Gasteiger partial charge is 0.368 e. The molecule has 0 saturated heterocycles. The second-order valence-corrected chi connectivity index (χ2v) is 5.86. The van der Waals surface area contributed by atoms with Crippen LogP contribution in [0.15, 0.2) is 18.5 Å². The number of nitrogens with zero attached hydrogens (tertiary/aromatic N) is 3. The van der Waals surface area contributed by atoms with E-state index in [0.717, 1.165) is 29.5 Å². The van der Waals surface area contributed by atoms with E-state index >= 15 is 0 Å². The Hall–Kier alpha value is -1.58. The van der Waals surface area contributed by atoms with Gasteiger partial charge in [-0.15, -0.1) is 0 Å². The zero-order chi connectivity index (χ0) is 13.2. The van der Waals surface area contributed by atoms with Crippen LogP contribution in [0.2, 0.25) is 0 Å². The maximum absolute atomic E-state index is 4.59. The molecular weight excluding hydrogens is 236 g/mol. The fraction of sp³-hybridized carbons (Fsp3) is 0.600. The average molecular weight is 258 g/mol. The van der Waals surface area contributed by atoms with Crippen LogP contribution >= 0.6 is 0 Å². The van der Waals surface area contributed by atoms with Crippen molar-refractivity contribution in [3.63, 3.8) is 0 Å². The average Bonchev–Trinajstić information content (AvgIpc) is 3.05. The number of nitrogens with one attached hydrogen (secondary N) is 1. The SMILES string of the molecule is CC(C)c1cc2c(NCC3CCCC3)nccn2n1. The zero-order valence-corrected chi connectivity index (χ0v) is 11.8. The Balaban J connectivity index is 1.81. The van der Waals surface area contributed by atoms with Crippen LogP contribution in [-0.4, -0.2) is 21.1 Å². The molecule has 19 heavy (non-hydrogen) atoms. The summed E-state index contributed by atoms with van der Waals surface area (Å²) in [5.74, 6) is 2.23. The van der Waals surface area contributed by atoms with E-state index in [1.54, 1.807) is 0 Å². The van der Waals surface area contributed by atoms with Crippen LogP contribution in [0.25, 0.3) is 5.52 Å². The van der Waals surface area contributed by atoms with E-state index in [4.69, 9.17) is 0 Å². The number of rotatable bonds is 4. The number of hydrogen-bond acceptors (Lipinski definition) is 3. The van der Waals surface area contributed by atoms with Gasteiger partial charge in [0.1, 0.15) is 5.52 Å². The van der Waals surface area contributed by atoms with Crippen molar-refractivity contribution in [1.82, 2.24) is 14.6 Å². The minimum atomic E-state index is 0.447. The molecule has 2 aromatic rings. The molecule has 0 radical (unpaired) electrons. The van der Waals surface area contributed by atoms with E-state index in [-0.39, 0.29) is 0 Å². The fourth-order valence-corrected chi connectivity index (χ4v) is 2.81. The number of aromatic nitrogens is 3. The van der Waals surface area contributed by atoms with E-state index in [1.165, 1.54) is 25.7 Å². The Bertz CT molecular complexity index is 552. The van der Waals surface area contributed by atoms with Gasteiger partial charge in [-0.3, -0.25) is 0 Å². The Labute approximate surface area is 114 Å². The highest BCUT2D eigenvalue weighted by atomic mass is 15.2. The minimum absolute atomic E-state index is 0.447. The molecule has 0 aliphatic heterocycles. The molecule has 3 rings (SSSR count). The summed E-state index contributed by atoms with van der Waals surface area (Å²) < 4.78 is 1.93. The molecule has 102 valence electrons. The summed E-state index contributed by atoms with van der Waals surface area (Å²) in [5.41, 5.74) is 2.21. The summed E-state index contributed by atoms with van der Waals surface area (Å²) in [6.45, 7) is 5.37. The maximum atomic E-state index is 4.59. The molecule has 1 aliphatic rings. The lowest BCUT2D eigenvalue weighted by molar-refractivity contribution is 0.579. The molecule has 1 N–H and O–H groups in total. The zero-order valence-electron chi connectivity index (χ0n) is 11.8. The van der Waals surface area contributed by atoms with Crippen LogP contribution < -0.4 is 5.32 Å². The first-order valence-electron chi connectivity index (χ1n) is 7.32. The lowest BCUT2D eigenvalue weighted by Gasteiger charge is -2.11. The van der Waals surface area contributed by atoms with E-state index in [0.29, 0.717) is 5.92 Å². The normalized spacial score (nSPS) is 16.6. The van der Waals surface area contributed by atoms with Gasteiger partial charge in [-0.1, -0.05) is 26.7 Å². The van der Waals surface area contributed by atoms with Gasteiger partial charge >= 0.3 is 0 Å². The molecule has 0 unspecified atom stereocenters. The van der Waals surface area contributed by atoms with E-state index in [9.17, 15) is 0 Å². The molecule has 0 amide bonds. The highest BCUT2D eigenvalue weighted by Crippen LogP contribution is 2.26. The summed E-state index contributed by atoms with van der Waals surface area (Å²) in [6, 6.07) is 2.15. The molecule has 2 aromatic heterocycles. The van der Waals surface area contributed by atoms with Crippen molar-refractivity contribution in [3.8, 4) is 0 Å². The third-order valence-corrected chi connectivity index (χ3v) is 4.03. The second kappa shape index (κ2) is 5.19. The van der Waals surface area contributed by atoms with Crippen LogP contribution in [0, 0.1) is 5.92 Å². The summed E-state index contributed by atoms with van der Waals surface area (Å²) in [5, 5.41) is 8.10. The summed E-state index contributed by atoms with van der Waals surface area (Å²) >= 11 is 0. The standard InChI is InChI=1S/C15H22N4/c1-11(2)13-9-14-15(16-7-8-19(14)18-13)17-10-12-5-3-4-6-12/h7-9,11-12H,3-6,10H2,1-2H3,(H,16,17). The molecule has 1 saturated carbocycles. The van der Waals surface area contributed by atoms with Crippen LogP contribution in [-0.2, 0) is 0 Å². The van der Waals surface area contributed by atoms with Gasteiger partial charge in [0.25, 0.3) is 0 Å². The topological polar surface area (TPSA) is 42.2 Å². The Morgan fingerprint density at radius 3 is 2.89 bits per heavy atom. The van der Waals surface area contributed by atoms with Crippen LogP contribution in [0.4, 0.5) is 5.82 Å². The summed E-state index contributed by atoms with van der Waals surface area (Å²) in [4.78, 5) is 4.47. The molecule has 2 heterocycles. The summed E-state index contributed by atoms with van der Waals surface area (Å²) in [6.07, 6.45) is 9.21. The molecule has 0 bridgehead atoms. The predicted molar refractivity (Wildman–Crippen MR) is 77.5 cm³/mol. The monoisotopic (exact) mass is 258 g/mol. The van der Waals surface area contributed by atoms with Crippen molar-refractivity contribution in [3.05, 3.63) is 24.2 Å². The molecule has 4 nitrogen and oxygen atoms in total. The first-order chi connectivity index (χ1) is 9.24. The van der Waals surface area contributed by atoms with Crippen LogP contribution in [0.1, 0.15) is 51.1 Å². The second-order valence-electron chi connectivity index (χ2n) is 5.86. The summed E-state index contributed by atoms with van der Waals surface area (Å²) in [7, 11) is 0. The van der Waals surface area contributed by atoms with Crippen LogP contribution in [0.3, 0.4) is 0 Å². The van der Waals surface area contributed by atoms with Gasteiger partial charge in [-0.25, -0.2) is 9.50 Å². The molecule has 0 atom stereocenters. The Morgan fingerprint density at radius 1 is 1.37 bits per heavy atom. The fourth-order valence-electron chi connectivity index (χ4n) is 2.81. The smallest absolute Gasteiger partial charge is 0.152 e. The van der Waals surface area contributed by atoms with E-state index in [2.05, 4.69) is 35.3 Å². The Morgan fingerprint density at radius 2 is 2.16 bits per heavy atom. The van der Waals surface area contributed by atoms with Gasteiger partial charge in [0, 0.05) is 18.9 Å². The van der Waals surface area contributed by atoms with Gasteiger partial charge < -0.3 is 5.32 Å². The van der Waals surface area contributed by atoms with E-state index in [1.807, 2.05) is 16.9 Å². The highest BCUT2D eigenvalue weighted by Gasteiger charge is 2.16. The number of anilines is 1. The lowest BCUT2D eigenvalue weighted by atomic mass is 10.1.